The smallest absolute Gasteiger partial charge is 0.00975 e. The Morgan fingerprint density at radius 2 is 1.71 bits per heavy atom. The topological polar surface area (TPSA) is 0 Å². The summed E-state index contributed by atoms with van der Waals surface area (Å²) in [5.41, 5.74) is 2.79. The summed E-state index contributed by atoms with van der Waals surface area (Å²) in [6, 6.07) is 8.87. The van der Waals surface area contributed by atoms with Crippen LogP contribution in [0.5, 0.6) is 0 Å². The number of allylic oxidation sites excluding steroid dienone is 2. The summed E-state index contributed by atoms with van der Waals surface area (Å²) in [6.45, 7) is 8.18. The quantitative estimate of drug-likeness (QED) is 0.672. The summed E-state index contributed by atoms with van der Waals surface area (Å²) in [6.07, 6.45) is 6.09. The highest BCUT2D eigenvalue weighted by Crippen LogP contribution is 2.10. The fraction of sp³-hybridized carbons (Fsp3) is 0.357. The molecule has 0 atom stereocenters. The van der Waals surface area contributed by atoms with E-state index in [-0.39, 0.29) is 0 Å². The molecule has 75 valence electrons. The van der Waals surface area contributed by atoms with Crippen molar-refractivity contribution in [3.63, 3.8) is 0 Å². The molecule has 0 amide bonds. The van der Waals surface area contributed by atoms with E-state index < -0.39 is 0 Å². The van der Waals surface area contributed by atoms with Crippen molar-refractivity contribution >= 4 is 0 Å². The van der Waals surface area contributed by atoms with Crippen LogP contribution in [0.15, 0.2) is 36.4 Å². The first-order valence-corrected chi connectivity index (χ1v) is 5.24. The molecule has 0 saturated heterocycles. The van der Waals surface area contributed by atoms with E-state index >= 15 is 0 Å². The fourth-order valence-corrected chi connectivity index (χ4v) is 1.50. The fourth-order valence-electron chi connectivity index (χ4n) is 1.50. The molecule has 0 N–H and O–H groups in total. The molecule has 1 aromatic rings. The molecular formula is C14H19. The average molecular weight is 187 g/mol. The first kappa shape index (κ1) is 11.0. The Hall–Kier alpha value is -1.04. The Bertz CT molecular complexity index is 277. The maximum Gasteiger partial charge on any atom is -0.00975 e. The van der Waals surface area contributed by atoms with Gasteiger partial charge in [-0.15, -0.1) is 0 Å². The molecule has 0 saturated carbocycles. The standard InChI is InChI=1S/C14H19/c1-4-5-6-13-7-9-14(10-8-13)11-12(2)3/h4-5,7-10,12H,1,6,11H2,2-3H3. The van der Waals surface area contributed by atoms with Crippen LogP contribution in [0, 0.1) is 12.8 Å². The molecule has 0 heterocycles. The molecule has 1 aromatic carbocycles. The lowest BCUT2D eigenvalue weighted by molar-refractivity contribution is 0.647. The molecule has 0 aliphatic rings. The lowest BCUT2D eigenvalue weighted by Crippen LogP contribution is -1.93. The zero-order chi connectivity index (χ0) is 10.4. The predicted molar refractivity (Wildman–Crippen MR) is 63.2 cm³/mol. The Balaban J connectivity index is 2.59. The third-order valence-electron chi connectivity index (χ3n) is 2.19. The summed E-state index contributed by atoms with van der Waals surface area (Å²) in [4.78, 5) is 0. The van der Waals surface area contributed by atoms with Crippen molar-refractivity contribution in [2.75, 3.05) is 0 Å². The highest BCUT2D eigenvalue weighted by molar-refractivity contribution is 5.24. The van der Waals surface area contributed by atoms with Gasteiger partial charge in [-0.1, -0.05) is 50.3 Å². The van der Waals surface area contributed by atoms with Gasteiger partial charge in [-0.05, 0) is 36.8 Å². The van der Waals surface area contributed by atoms with Crippen molar-refractivity contribution in [1.29, 1.82) is 0 Å². The van der Waals surface area contributed by atoms with Gasteiger partial charge in [0.25, 0.3) is 0 Å². The molecule has 14 heavy (non-hydrogen) atoms. The molecule has 0 aromatic heterocycles. The van der Waals surface area contributed by atoms with Crippen molar-refractivity contribution < 1.29 is 0 Å². The number of hydrogen-bond acceptors (Lipinski definition) is 0. The van der Waals surface area contributed by atoms with Gasteiger partial charge in [0, 0.05) is 0 Å². The van der Waals surface area contributed by atoms with E-state index in [9.17, 15) is 0 Å². The van der Waals surface area contributed by atoms with E-state index in [1.54, 1.807) is 0 Å². The minimum absolute atomic E-state index is 0.737. The molecule has 0 unspecified atom stereocenters. The van der Waals surface area contributed by atoms with Crippen LogP contribution in [-0.2, 0) is 12.8 Å². The Morgan fingerprint density at radius 3 is 2.21 bits per heavy atom. The van der Waals surface area contributed by atoms with E-state index in [1.807, 2.05) is 6.08 Å². The summed E-state index contributed by atoms with van der Waals surface area (Å²) >= 11 is 0. The molecule has 0 bridgehead atoms. The third kappa shape index (κ3) is 3.78. The van der Waals surface area contributed by atoms with Crippen LogP contribution in [0.1, 0.15) is 25.0 Å². The third-order valence-corrected chi connectivity index (χ3v) is 2.19. The van der Waals surface area contributed by atoms with Crippen LogP contribution in [0.2, 0.25) is 0 Å². The van der Waals surface area contributed by atoms with Gasteiger partial charge >= 0.3 is 0 Å². The van der Waals surface area contributed by atoms with Crippen LogP contribution in [0.3, 0.4) is 0 Å². The molecule has 0 heteroatoms. The lowest BCUT2D eigenvalue weighted by Gasteiger charge is -2.05. The normalized spacial score (nSPS) is 11.4. The summed E-state index contributed by atoms with van der Waals surface area (Å²) in [5, 5.41) is 0. The van der Waals surface area contributed by atoms with Crippen LogP contribution < -0.4 is 0 Å². The van der Waals surface area contributed by atoms with Crippen LogP contribution in [0.25, 0.3) is 0 Å². The molecule has 1 radical (unpaired) electrons. The van der Waals surface area contributed by atoms with E-state index in [0.29, 0.717) is 0 Å². The maximum atomic E-state index is 3.68. The van der Waals surface area contributed by atoms with Gasteiger partial charge in [0.1, 0.15) is 0 Å². The zero-order valence-corrected chi connectivity index (χ0v) is 9.16. The number of hydrogen-bond donors (Lipinski definition) is 0. The van der Waals surface area contributed by atoms with Gasteiger partial charge in [0.2, 0.25) is 0 Å². The van der Waals surface area contributed by atoms with E-state index in [1.165, 1.54) is 17.5 Å². The second-order valence-electron chi connectivity index (χ2n) is 4.09. The largest absolute Gasteiger partial charge is 0.0879 e. The van der Waals surface area contributed by atoms with Crippen molar-refractivity contribution in [1.82, 2.24) is 0 Å². The van der Waals surface area contributed by atoms with Gasteiger partial charge in [-0.25, -0.2) is 0 Å². The average Bonchev–Trinajstić information content (AvgIpc) is 2.16. The molecule has 1 rings (SSSR count). The number of rotatable bonds is 4. The van der Waals surface area contributed by atoms with Crippen molar-refractivity contribution in [2.24, 2.45) is 5.92 Å². The molecule has 0 spiro atoms. The number of benzene rings is 1. The van der Waals surface area contributed by atoms with Crippen LogP contribution in [0.4, 0.5) is 0 Å². The zero-order valence-electron chi connectivity index (χ0n) is 9.16. The van der Waals surface area contributed by atoms with Gasteiger partial charge in [0.15, 0.2) is 0 Å². The summed E-state index contributed by atoms with van der Waals surface area (Å²) < 4.78 is 0. The molecule has 0 aliphatic heterocycles. The van der Waals surface area contributed by atoms with Crippen molar-refractivity contribution in [2.45, 2.75) is 26.7 Å². The Kier molecular flexibility index (Phi) is 4.45. The summed E-state index contributed by atoms with van der Waals surface area (Å²) in [5.74, 6) is 0.737. The molecule has 0 fully saturated rings. The molecular weight excluding hydrogens is 168 g/mol. The van der Waals surface area contributed by atoms with Gasteiger partial charge in [-0.2, -0.15) is 0 Å². The second kappa shape index (κ2) is 5.64. The van der Waals surface area contributed by atoms with Crippen molar-refractivity contribution in [3.8, 4) is 0 Å². The highest BCUT2D eigenvalue weighted by atomic mass is 14.0. The monoisotopic (exact) mass is 187 g/mol. The molecule has 0 nitrogen and oxygen atoms in total. The van der Waals surface area contributed by atoms with Gasteiger partial charge in [-0.3, -0.25) is 0 Å². The van der Waals surface area contributed by atoms with Crippen LogP contribution in [-0.4, -0.2) is 0 Å². The first-order chi connectivity index (χ1) is 6.72. The van der Waals surface area contributed by atoms with E-state index in [0.717, 1.165) is 12.3 Å². The summed E-state index contributed by atoms with van der Waals surface area (Å²) in [7, 11) is 0. The Morgan fingerprint density at radius 1 is 1.14 bits per heavy atom. The van der Waals surface area contributed by atoms with Crippen molar-refractivity contribution in [3.05, 3.63) is 54.5 Å². The maximum absolute atomic E-state index is 3.68. The first-order valence-electron chi connectivity index (χ1n) is 5.24. The highest BCUT2D eigenvalue weighted by Gasteiger charge is 1.97. The SMILES string of the molecule is [CH2]C=CCc1ccc(CC(C)C)cc1. The lowest BCUT2D eigenvalue weighted by atomic mass is 10.0. The van der Waals surface area contributed by atoms with Gasteiger partial charge in [0.05, 0.1) is 0 Å². The minimum atomic E-state index is 0.737. The minimum Gasteiger partial charge on any atom is -0.0879 e. The van der Waals surface area contributed by atoms with E-state index in [2.05, 4.69) is 51.1 Å². The molecule has 0 aliphatic carbocycles. The Labute approximate surface area is 87.7 Å². The van der Waals surface area contributed by atoms with Gasteiger partial charge < -0.3 is 0 Å². The van der Waals surface area contributed by atoms with E-state index in [4.69, 9.17) is 0 Å². The predicted octanol–water partition coefficient (Wildman–Crippen LogP) is 3.82. The van der Waals surface area contributed by atoms with Crippen LogP contribution >= 0.6 is 0 Å². The second-order valence-corrected chi connectivity index (χ2v) is 4.09.